The average Bonchev–Trinajstić information content (AvgIpc) is 3.12. The molecular weight excluding hydrogens is 339 g/mol. The third-order valence-corrected chi connectivity index (χ3v) is 5.04. The Morgan fingerprint density at radius 1 is 1.44 bits per heavy atom. The van der Waals surface area contributed by atoms with Crippen molar-refractivity contribution in [1.82, 2.24) is 19.9 Å². The summed E-state index contributed by atoms with van der Waals surface area (Å²) in [5, 5.41) is 7.24. The molecule has 0 bridgehead atoms. The van der Waals surface area contributed by atoms with Gasteiger partial charge in [-0.3, -0.25) is 4.68 Å². The van der Waals surface area contributed by atoms with Crippen molar-refractivity contribution in [2.24, 2.45) is 18.2 Å². The van der Waals surface area contributed by atoms with E-state index < -0.39 is 22.8 Å². The summed E-state index contributed by atoms with van der Waals surface area (Å²) in [6, 6.07) is 0.882. The van der Waals surface area contributed by atoms with Crippen LogP contribution in [0.2, 0.25) is 0 Å². The molecule has 0 radical (unpaired) electrons. The molecule has 0 saturated heterocycles. The van der Waals surface area contributed by atoms with Gasteiger partial charge in [-0.2, -0.15) is 23.3 Å². The van der Waals surface area contributed by atoms with Crippen LogP contribution >= 0.6 is 0 Å². The first-order valence-corrected chi connectivity index (χ1v) is 7.87. The van der Waals surface area contributed by atoms with Crippen molar-refractivity contribution in [2.45, 2.75) is 45.0 Å². The topological polar surface area (TPSA) is 92.0 Å². The van der Waals surface area contributed by atoms with Crippen LogP contribution in [0.1, 0.15) is 38.8 Å². The summed E-state index contributed by atoms with van der Waals surface area (Å²) < 4.78 is 50.4. The Kier molecular flexibility index (Phi) is 3.95. The first-order chi connectivity index (χ1) is 11.5. The maximum absolute atomic E-state index is 12.8. The van der Waals surface area contributed by atoms with Gasteiger partial charge >= 0.3 is 6.18 Å². The number of alkyl halides is 3. The van der Waals surface area contributed by atoms with E-state index in [-0.39, 0.29) is 23.5 Å². The number of aryl methyl sites for hydroxylation is 1. The maximum Gasteiger partial charge on any atom is 0.435 e. The van der Waals surface area contributed by atoms with Crippen molar-refractivity contribution in [1.29, 1.82) is 0 Å². The van der Waals surface area contributed by atoms with Gasteiger partial charge in [-0.05, 0) is 13.0 Å². The van der Waals surface area contributed by atoms with Gasteiger partial charge in [0.15, 0.2) is 5.69 Å². The summed E-state index contributed by atoms with van der Waals surface area (Å²) in [6.45, 7) is 6.34. The van der Waals surface area contributed by atoms with Gasteiger partial charge in [-0.15, -0.1) is 0 Å². The molecule has 2 heterocycles. The lowest BCUT2D eigenvalue weighted by molar-refractivity contribution is -0.162. The highest BCUT2D eigenvalue weighted by atomic mass is 19.4. The predicted molar refractivity (Wildman–Crippen MR) is 81.2 cm³/mol. The summed E-state index contributed by atoms with van der Waals surface area (Å²) in [6.07, 6.45) is -4.10. The van der Waals surface area contributed by atoms with Crippen molar-refractivity contribution < 1.29 is 22.4 Å². The lowest BCUT2D eigenvalue weighted by atomic mass is 9.54. The quantitative estimate of drug-likeness (QED) is 0.902. The fourth-order valence-electron chi connectivity index (χ4n) is 3.12. The van der Waals surface area contributed by atoms with Gasteiger partial charge in [0.2, 0.25) is 11.7 Å². The van der Waals surface area contributed by atoms with Crippen molar-refractivity contribution in [3.8, 4) is 11.5 Å². The summed E-state index contributed by atoms with van der Waals surface area (Å²) in [5.74, 6) is 0.194. The highest BCUT2D eigenvalue weighted by Gasteiger charge is 2.62. The molecule has 0 spiro atoms. The third-order valence-electron chi connectivity index (χ3n) is 5.04. The Hall–Kier alpha value is -1.94. The van der Waals surface area contributed by atoms with E-state index in [9.17, 15) is 13.2 Å². The molecule has 2 unspecified atom stereocenters. The Morgan fingerprint density at radius 3 is 2.64 bits per heavy atom. The molecule has 0 amide bonds. The van der Waals surface area contributed by atoms with E-state index in [1.54, 1.807) is 0 Å². The second-order valence-corrected chi connectivity index (χ2v) is 6.80. The molecule has 2 atom stereocenters. The van der Waals surface area contributed by atoms with Crippen LogP contribution in [0.15, 0.2) is 10.6 Å². The Bertz CT molecular complexity index is 782. The highest BCUT2D eigenvalue weighted by molar-refractivity contribution is 5.50. The first kappa shape index (κ1) is 17.9. The van der Waals surface area contributed by atoms with Crippen LogP contribution in [0, 0.1) is 5.41 Å². The van der Waals surface area contributed by atoms with Crippen molar-refractivity contribution in [3.63, 3.8) is 0 Å². The van der Waals surface area contributed by atoms with Crippen molar-refractivity contribution in [3.05, 3.63) is 17.7 Å². The smallest absolute Gasteiger partial charge is 0.378 e. The van der Waals surface area contributed by atoms with Crippen LogP contribution in [0.25, 0.3) is 11.5 Å². The third kappa shape index (κ3) is 2.63. The maximum atomic E-state index is 12.8. The van der Waals surface area contributed by atoms with E-state index in [2.05, 4.69) is 15.2 Å². The number of halogens is 3. The van der Waals surface area contributed by atoms with E-state index in [1.165, 1.54) is 7.05 Å². The lowest BCUT2D eigenvalue weighted by Gasteiger charge is -2.56. The molecule has 7 nitrogen and oxygen atoms in total. The number of nitrogens with two attached hydrogens (primary N) is 1. The molecule has 138 valence electrons. The second-order valence-electron chi connectivity index (χ2n) is 6.80. The normalized spacial score (nSPS) is 25.8. The Labute approximate surface area is 142 Å². The molecule has 2 N–H and O–H groups in total. The zero-order valence-corrected chi connectivity index (χ0v) is 14.4. The molecule has 1 saturated carbocycles. The number of hydrogen-bond donors (Lipinski definition) is 1. The first-order valence-electron chi connectivity index (χ1n) is 7.87. The molecule has 0 aliphatic heterocycles. The molecule has 1 fully saturated rings. The molecule has 10 heteroatoms. The van der Waals surface area contributed by atoms with Gasteiger partial charge in [0.25, 0.3) is 0 Å². The number of ether oxygens (including phenoxy) is 1. The minimum absolute atomic E-state index is 0.0148. The number of nitrogens with zero attached hydrogens (tertiary/aromatic N) is 4. The van der Waals surface area contributed by atoms with Gasteiger partial charge in [0.05, 0.1) is 6.10 Å². The van der Waals surface area contributed by atoms with E-state index >= 15 is 0 Å². The van der Waals surface area contributed by atoms with Crippen LogP contribution in [0.5, 0.6) is 0 Å². The molecule has 25 heavy (non-hydrogen) atoms. The zero-order valence-electron chi connectivity index (χ0n) is 14.4. The Morgan fingerprint density at radius 2 is 2.12 bits per heavy atom. The largest absolute Gasteiger partial charge is 0.435 e. The summed E-state index contributed by atoms with van der Waals surface area (Å²) in [7, 11) is 1.39. The highest BCUT2D eigenvalue weighted by Crippen LogP contribution is 2.55. The molecule has 0 aromatic carbocycles. The molecule has 3 rings (SSSR count). The van der Waals surface area contributed by atoms with Crippen LogP contribution in [0.4, 0.5) is 13.2 Å². The number of hydrogen-bond acceptors (Lipinski definition) is 6. The van der Waals surface area contributed by atoms with Gasteiger partial charge in [0, 0.05) is 25.5 Å². The zero-order chi connectivity index (χ0) is 18.6. The summed E-state index contributed by atoms with van der Waals surface area (Å²) in [5.41, 5.74) is 4.19. The van der Waals surface area contributed by atoms with Crippen molar-refractivity contribution >= 4 is 0 Å². The van der Waals surface area contributed by atoms with Gasteiger partial charge in [-0.1, -0.05) is 19.0 Å². The summed E-state index contributed by atoms with van der Waals surface area (Å²) >= 11 is 0. The number of aromatic nitrogens is 4. The fraction of sp³-hybridized carbons (Fsp3) is 0.667. The van der Waals surface area contributed by atoms with Gasteiger partial charge in [0.1, 0.15) is 11.2 Å². The minimum atomic E-state index is -4.54. The van der Waals surface area contributed by atoms with Crippen LogP contribution < -0.4 is 5.73 Å². The fourth-order valence-corrected chi connectivity index (χ4v) is 3.12. The Balaban J connectivity index is 1.91. The monoisotopic (exact) mass is 359 g/mol. The predicted octanol–water partition coefficient (Wildman–Crippen LogP) is 2.48. The summed E-state index contributed by atoms with van der Waals surface area (Å²) in [4.78, 5) is 4.23. The van der Waals surface area contributed by atoms with Crippen LogP contribution in [-0.2, 0) is 23.5 Å². The van der Waals surface area contributed by atoms with E-state index in [4.69, 9.17) is 15.0 Å². The molecule has 2 aromatic heterocycles. The van der Waals surface area contributed by atoms with E-state index in [1.807, 2.05) is 20.8 Å². The van der Waals surface area contributed by atoms with Gasteiger partial charge in [-0.25, -0.2) is 0 Å². The minimum Gasteiger partial charge on any atom is -0.378 e. The molecule has 1 aliphatic carbocycles. The SMILES string of the molecule is CCOC1CC(N)(c2nc(-c3cc(C(F)(F)F)nn3C)no2)C1(C)C. The average molecular weight is 359 g/mol. The molecular formula is C15H20F3N5O2. The van der Waals surface area contributed by atoms with Crippen LogP contribution in [0.3, 0.4) is 0 Å². The standard InChI is InChI=1S/C15H20F3N5O2/c1-5-24-10-7-14(19,13(10,2)3)12-20-11(22-25-12)8-6-9(15(16,17)18)21-23(8)4/h6,10H,5,7,19H2,1-4H3. The molecule has 2 aromatic rings. The second kappa shape index (κ2) is 5.53. The van der Waals surface area contributed by atoms with Crippen LogP contribution in [-0.4, -0.2) is 32.6 Å². The van der Waals surface area contributed by atoms with Gasteiger partial charge < -0.3 is 15.0 Å². The van der Waals surface area contributed by atoms with E-state index in [0.717, 1.165) is 10.7 Å². The van der Waals surface area contributed by atoms with E-state index in [0.29, 0.717) is 13.0 Å². The lowest BCUT2D eigenvalue weighted by Crippen LogP contribution is -2.67. The molecule has 1 aliphatic rings. The number of rotatable bonds is 4. The van der Waals surface area contributed by atoms with Crippen molar-refractivity contribution in [2.75, 3.05) is 6.61 Å².